The molecular formula is C12H19O3P. The van der Waals surface area contributed by atoms with E-state index in [0.717, 1.165) is 18.4 Å². The zero-order valence-electron chi connectivity index (χ0n) is 9.59. The number of hydrogen-bond acceptors (Lipinski definition) is 1. The van der Waals surface area contributed by atoms with Crippen molar-refractivity contribution in [2.24, 2.45) is 0 Å². The third-order valence-electron chi connectivity index (χ3n) is 2.59. The minimum absolute atomic E-state index is 0.102. The molecule has 0 aliphatic carbocycles. The first kappa shape index (κ1) is 13.4. The van der Waals surface area contributed by atoms with Gasteiger partial charge in [0.15, 0.2) is 0 Å². The summed E-state index contributed by atoms with van der Waals surface area (Å²) in [4.78, 5) is 17.9. The van der Waals surface area contributed by atoms with Gasteiger partial charge in [-0.2, -0.15) is 0 Å². The Hall–Kier alpha value is -0.630. The van der Waals surface area contributed by atoms with Crippen LogP contribution in [0.15, 0.2) is 24.3 Å². The summed E-state index contributed by atoms with van der Waals surface area (Å²) < 4.78 is 10.9. The molecule has 0 atom stereocenters. The predicted octanol–water partition coefficient (Wildman–Crippen LogP) is 2.61. The first-order valence-electron chi connectivity index (χ1n) is 5.69. The topological polar surface area (TPSA) is 57.5 Å². The molecule has 2 N–H and O–H groups in total. The summed E-state index contributed by atoms with van der Waals surface area (Å²) in [5.41, 5.74) is 1.15. The highest BCUT2D eigenvalue weighted by atomic mass is 31.2. The van der Waals surface area contributed by atoms with Crippen LogP contribution in [-0.2, 0) is 11.0 Å². The van der Waals surface area contributed by atoms with Gasteiger partial charge in [-0.15, -0.1) is 0 Å². The molecule has 16 heavy (non-hydrogen) atoms. The quantitative estimate of drug-likeness (QED) is 0.595. The third kappa shape index (κ3) is 4.48. The van der Waals surface area contributed by atoms with Gasteiger partial charge in [0.1, 0.15) is 0 Å². The minimum Gasteiger partial charge on any atom is -0.321 e. The van der Waals surface area contributed by atoms with Crippen LogP contribution in [0, 0.1) is 0 Å². The van der Waals surface area contributed by atoms with Crippen molar-refractivity contribution < 1.29 is 14.4 Å². The first-order chi connectivity index (χ1) is 7.54. The van der Waals surface area contributed by atoms with E-state index in [9.17, 15) is 4.57 Å². The van der Waals surface area contributed by atoms with E-state index in [4.69, 9.17) is 9.79 Å². The van der Waals surface area contributed by atoms with Crippen LogP contribution in [0.25, 0.3) is 0 Å². The van der Waals surface area contributed by atoms with Gasteiger partial charge in [0.25, 0.3) is 0 Å². The standard InChI is InChI=1S/C12H19O3P/c1-2-3-4-5-6-11-7-9-12(10-8-11)16(13,14)15/h7-10H,2-6H2,1H3,(H2,13,14,15). The molecular weight excluding hydrogens is 223 g/mol. The Kier molecular flexibility index (Phi) is 5.20. The molecule has 0 bridgehead atoms. The van der Waals surface area contributed by atoms with Crippen LogP contribution in [0.5, 0.6) is 0 Å². The lowest BCUT2D eigenvalue weighted by Gasteiger charge is -2.05. The van der Waals surface area contributed by atoms with Crippen LogP contribution >= 0.6 is 7.60 Å². The van der Waals surface area contributed by atoms with Gasteiger partial charge in [-0.1, -0.05) is 38.3 Å². The van der Waals surface area contributed by atoms with Crippen LogP contribution in [0.3, 0.4) is 0 Å². The fourth-order valence-electron chi connectivity index (χ4n) is 1.61. The second-order valence-electron chi connectivity index (χ2n) is 4.02. The number of rotatable bonds is 6. The normalized spacial score (nSPS) is 11.7. The molecule has 1 aromatic rings. The summed E-state index contributed by atoms with van der Waals surface area (Å²) in [7, 11) is -4.07. The van der Waals surface area contributed by atoms with Crippen LogP contribution in [-0.4, -0.2) is 9.79 Å². The summed E-state index contributed by atoms with van der Waals surface area (Å²) in [5.74, 6) is 0. The van der Waals surface area contributed by atoms with Gasteiger partial charge in [0.05, 0.1) is 5.30 Å². The lowest BCUT2D eigenvalue weighted by atomic mass is 10.1. The molecule has 0 saturated carbocycles. The maximum Gasteiger partial charge on any atom is 0.356 e. The number of benzene rings is 1. The van der Waals surface area contributed by atoms with Crippen LogP contribution in [0.4, 0.5) is 0 Å². The molecule has 0 unspecified atom stereocenters. The molecule has 3 nitrogen and oxygen atoms in total. The molecule has 0 aromatic heterocycles. The van der Waals surface area contributed by atoms with E-state index < -0.39 is 7.60 Å². The molecule has 0 heterocycles. The smallest absolute Gasteiger partial charge is 0.321 e. The highest BCUT2D eigenvalue weighted by molar-refractivity contribution is 7.60. The largest absolute Gasteiger partial charge is 0.356 e. The van der Waals surface area contributed by atoms with Crippen LogP contribution in [0.1, 0.15) is 38.2 Å². The van der Waals surface area contributed by atoms with Crippen molar-refractivity contribution in [1.29, 1.82) is 0 Å². The van der Waals surface area contributed by atoms with Crippen LogP contribution < -0.4 is 5.30 Å². The van der Waals surface area contributed by atoms with Crippen LogP contribution in [0.2, 0.25) is 0 Å². The molecule has 0 fully saturated rings. The van der Waals surface area contributed by atoms with Crippen molar-refractivity contribution in [1.82, 2.24) is 0 Å². The Morgan fingerprint density at radius 1 is 1.06 bits per heavy atom. The molecule has 1 rings (SSSR count). The van der Waals surface area contributed by atoms with Gasteiger partial charge in [-0.05, 0) is 30.5 Å². The lowest BCUT2D eigenvalue weighted by Crippen LogP contribution is -2.03. The summed E-state index contributed by atoms with van der Waals surface area (Å²) in [5, 5.41) is 0.102. The Labute approximate surface area is 96.7 Å². The SMILES string of the molecule is CCCCCCc1ccc(P(=O)(O)O)cc1. The molecule has 0 amide bonds. The van der Waals surface area contributed by atoms with E-state index in [1.807, 2.05) is 0 Å². The summed E-state index contributed by atoms with van der Waals surface area (Å²) in [6.07, 6.45) is 5.82. The number of hydrogen-bond donors (Lipinski definition) is 2. The average Bonchev–Trinajstić information content (AvgIpc) is 2.24. The zero-order valence-corrected chi connectivity index (χ0v) is 10.5. The molecule has 0 spiro atoms. The van der Waals surface area contributed by atoms with Crippen molar-refractivity contribution in [3.8, 4) is 0 Å². The Morgan fingerprint density at radius 3 is 2.19 bits per heavy atom. The Bertz CT molecular complexity index is 353. The second kappa shape index (κ2) is 6.19. The van der Waals surface area contributed by atoms with E-state index in [2.05, 4.69) is 6.92 Å². The van der Waals surface area contributed by atoms with Crippen molar-refractivity contribution >= 4 is 12.9 Å². The monoisotopic (exact) mass is 242 g/mol. The van der Waals surface area contributed by atoms with Crippen molar-refractivity contribution in [2.75, 3.05) is 0 Å². The molecule has 1 aromatic carbocycles. The Morgan fingerprint density at radius 2 is 1.69 bits per heavy atom. The molecule has 0 aliphatic rings. The number of aryl methyl sites for hydroxylation is 1. The van der Waals surface area contributed by atoms with Gasteiger partial charge in [0.2, 0.25) is 0 Å². The van der Waals surface area contributed by atoms with Crippen molar-refractivity contribution in [3.05, 3.63) is 29.8 Å². The van der Waals surface area contributed by atoms with E-state index in [1.54, 1.807) is 12.1 Å². The van der Waals surface area contributed by atoms with Crippen molar-refractivity contribution in [3.63, 3.8) is 0 Å². The summed E-state index contributed by atoms with van der Waals surface area (Å²) in [6.45, 7) is 2.18. The molecule has 0 aliphatic heterocycles. The van der Waals surface area contributed by atoms with Gasteiger partial charge >= 0.3 is 7.60 Å². The maximum absolute atomic E-state index is 10.9. The average molecular weight is 242 g/mol. The summed E-state index contributed by atoms with van der Waals surface area (Å²) in [6, 6.07) is 6.66. The van der Waals surface area contributed by atoms with Gasteiger partial charge in [0, 0.05) is 0 Å². The highest BCUT2D eigenvalue weighted by Crippen LogP contribution is 2.32. The van der Waals surface area contributed by atoms with E-state index in [-0.39, 0.29) is 5.30 Å². The molecule has 0 saturated heterocycles. The zero-order chi connectivity index (χ0) is 12.0. The maximum atomic E-state index is 10.9. The van der Waals surface area contributed by atoms with E-state index >= 15 is 0 Å². The van der Waals surface area contributed by atoms with E-state index in [0.29, 0.717) is 0 Å². The first-order valence-corrected chi connectivity index (χ1v) is 7.30. The molecule has 4 heteroatoms. The number of unbranched alkanes of at least 4 members (excludes halogenated alkanes) is 3. The fraction of sp³-hybridized carbons (Fsp3) is 0.500. The second-order valence-corrected chi connectivity index (χ2v) is 5.63. The predicted molar refractivity (Wildman–Crippen MR) is 66.0 cm³/mol. The lowest BCUT2D eigenvalue weighted by molar-refractivity contribution is 0.387. The minimum atomic E-state index is -4.07. The van der Waals surface area contributed by atoms with Gasteiger partial charge < -0.3 is 9.79 Å². The summed E-state index contributed by atoms with van der Waals surface area (Å²) >= 11 is 0. The Balaban J connectivity index is 2.49. The van der Waals surface area contributed by atoms with Gasteiger partial charge in [-0.25, -0.2) is 0 Å². The molecule has 0 radical (unpaired) electrons. The molecule has 90 valence electrons. The fourth-order valence-corrected chi connectivity index (χ4v) is 2.15. The third-order valence-corrected chi connectivity index (χ3v) is 3.56. The van der Waals surface area contributed by atoms with Crippen molar-refractivity contribution in [2.45, 2.75) is 39.0 Å². The highest BCUT2D eigenvalue weighted by Gasteiger charge is 2.15. The van der Waals surface area contributed by atoms with E-state index in [1.165, 1.54) is 31.4 Å². The van der Waals surface area contributed by atoms with Gasteiger partial charge in [-0.3, -0.25) is 4.57 Å².